The molecule has 0 saturated carbocycles. The highest BCUT2D eigenvalue weighted by Gasteiger charge is 2.13. The van der Waals surface area contributed by atoms with Crippen molar-refractivity contribution in [2.75, 3.05) is 0 Å². The van der Waals surface area contributed by atoms with Gasteiger partial charge in [0.2, 0.25) is 0 Å². The van der Waals surface area contributed by atoms with Crippen LogP contribution in [0.3, 0.4) is 0 Å². The summed E-state index contributed by atoms with van der Waals surface area (Å²) in [6, 6.07) is 4.08. The second-order valence-corrected chi connectivity index (χ2v) is 8.85. The molecule has 5 heteroatoms. The molecule has 0 amide bonds. The van der Waals surface area contributed by atoms with Gasteiger partial charge in [-0.15, -0.1) is 0 Å². The first-order valence-electron chi connectivity index (χ1n) is 12.6. The molecule has 2 aromatic rings. The fourth-order valence-electron chi connectivity index (χ4n) is 3.95. The topological polar surface area (TPSA) is 76.7 Å². The van der Waals surface area contributed by atoms with Gasteiger partial charge >= 0.3 is 5.97 Å². The molecule has 0 spiro atoms. The summed E-state index contributed by atoms with van der Waals surface area (Å²) < 4.78 is 10.8. The number of esters is 1. The molecule has 1 aromatic carbocycles. The molecule has 2 rings (SSSR count). The predicted octanol–water partition coefficient (Wildman–Crippen LogP) is 7.75. The Morgan fingerprint density at radius 1 is 0.909 bits per heavy atom. The zero-order valence-corrected chi connectivity index (χ0v) is 20.4. The second-order valence-electron chi connectivity index (χ2n) is 8.85. The van der Waals surface area contributed by atoms with Gasteiger partial charge in [-0.25, -0.2) is 0 Å². The molecule has 0 radical (unpaired) electrons. The zero-order valence-electron chi connectivity index (χ0n) is 20.4. The Morgan fingerprint density at radius 2 is 1.52 bits per heavy atom. The van der Waals surface area contributed by atoms with E-state index in [0.717, 1.165) is 25.7 Å². The third-order valence-electron chi connectivity index (χ3n) is 5.78. The molecular formula is C28H40O5. The van der Waals surface area contributed by atoms with E-state index in [2.05, 4.69) is 19.1 Å². The summed E-state index contributed by atoms with van der Waals surface area (Å²) in [7, 11) is 0. The van der Waals surface area contributed by atoms with Crippen LogP contribution in [0.5, 0.6) is 11.5 Å². The van der Waals surface area contributed by atoms with Crippen molar-refractivity contribution in [3.8, 4) is 11.5 Å². The van der Waals surface area contributed by atoms with Gasteiger partial charge in [-0.3, -0.25) is 9.59 Å². The van der Waals surface area contributed by atoms with Gasteiger partial charge in [0.15, 0.2) is 5.43 Å². The minimum Gasteiger partial charge on any atom is -0.507 e. The maximum atomic E-state index is 12.1. The minimum atomic E-state index is -0.346. The van der Waals surface area contributed by atoms with Crippen LogP contribution in [0.4, 0.5) is 0 Å². The van der Waals surface area contributed by atoms with E-state index >= 15 is 0 Å². The predicted molar refractivity (Wildman–Crippen MR) is 134 cm³/mol. The van der Waals surface area contributed by atoms with Crippen LogP contribution in [0.2, 0.25) is 0 Å². The number of unbranched alkanes of at least 4 members (excludes halogenated alkanes) is 11. The van der Waals surface area contributed by atoms with Gasteiger partial charge < -0.3 is 14.3 Å². The number of hydrogen-bond acceptors (Lipinski definition) is 5. The van der Waals surface area contributed by atoms with E-state index in [-0.39, 0.29) is 33.9 Å². The molecule has 0 aliphatic carbocycles. The highest BCUT2D eigenvalue weighted by atomic mass is 16.5. The number of benzene rings is 1. The molecule has 0 aliphatic heterocycles. The summed E-state index contributed by atoms with van der Waals surface area (Å²) in [5.74, 6) is 0.0293. The summed E-state index contributed by atoms with van der Waals surface area (Å²) in [6.07, 6.45) is 20.6. The third-order valence-corrected chi connectivity index (χ3v) is 5.78. The van der Waals surface area contributed by atoms with Crippen LogP contribution in [0.25, 0.3) is 11.0 Å². The van der Waals surface area contributed by atoms with Crippen molar-refractivity contribution in [3.63, 3.8) is 0 Å². The fourth-order valence-corrected chi connectivity index (χ4v) is 3.95. The summed E-state index contributed by atoms with van der Waals surface area (Å²) in [5.41, 5.74) is -0.110. The molecule has 33 heavy (non-hydrogen) atoms. The Kier molecular flexibility index (Phi) is 12.4. The quantitative estimate of drug-likeness (QED) is 0.121. The van der Waals surface area contributed by atoms with E-state index in [9.17, 15) is 14.7 Å². The molecule has 0 fully saturated rings. The van der Waals surface area contributed by atoms with Gasteiger partial charge in [0.1, 0.15) is 28.2 Å². The number of aromatic hydroxyl groups is 1. The van der Waals surface area contributed by atoms with Crippen molar-refractivity contribution in [2.24, 2.45) is 0 Å². The summed E-state index contributed by atoms with van der Waals surface area (Å²) in [4.78, 5) is 24.1. The average Bonchev–Trinajstić information content (AvgIpc) is 2.75. The van der Waals surface area contributed by atoms with Crippen molar-refractivity contribution in [3.05, 3.63) is 46.3 Å². The fraction of sp³-hybridized carbons (Fsp3) is 0.571. The van der Waals surface area contributed by atoms with Gasteiger partial charge in [-0.1, -0.05) is 70.4 Å². The monoisotopic (exact) mass is 456 g/mol. The zero-order chi connectivity index (χ0) is 23.9. The number of carbonyl (C=O) groups excluding carboxylic acids is 1. The standard InChI is InChI=1S/C28H40O5/c1-3-4-5-6-7-8-9-10-11-12-13-14-15-16-17-18-27(31)33-23-20-25(30)28-24(29)19-22(2)32-26(28)21-23/h10-11,19-21,30H,3-9,12-18H2,1-2H3. The Bertz CT molecular complexity index is 941. The van der Waals surface area contributed by atoms with E-state index in [1.165, 1.54) is 76.0 Å². The molecule has 0 atom stereocenters. The van der Waals surface area contributed by atoms with Crippen molar-refractivity contribution >= 4 is 16.9 Å². The number of hydrogen-bond donors (Lipinski definition) is 1. The molecule has 0 unspecified atom stereocenters. The van der Waals surface area contributed by atoms with Crippen LogP contribution in [-0.4, -0.2) is 11.1 Å². The van der Waals surface area contributed by atoms with E-state index in [1.54, 1.807) is 6.92 Å². The van der Waals surface area contributed by atoms with Crippen LogP contribution in [0.15, 0.2) is 39.6 Å². The normalized spacial score (nSPS) is 11.5. The van der Waals surface area contributed by atoms with Gasteiger partial charge in [0.05, 0.1) is 0 Å². The molecule has 5 nitrogen and oxygen atoms in total. The van der Waals surface area contributed by atoms with Crippen LogP contribution >= 0.6 is 0 Å². The van der Waals surface area contributed by atoms with Crippen LogP contribution in [0.1, 0.15) is 103 Å². The largest absolute Gasteiger partial charge is 0.507 e. The van der Waals surface area contributed by atoms with Crippen molar-refractivity contribution in [2.45, 2.75) is 104 Å². The molecular weight excluding hydrogens is 416 g/mol. The Morgan fingerprint density at radius 3 is 2.18 bits per heavy atom. The number of allylic oxidation sites excluding steroid dienone is 2. The van der Waals surface area contributed by atoms with Crippen molar-refractivity contribution < 1.29 is 19.1 Å². The molecule has 1 aromatic heterocycles. The summed E-state index contributed by atoms with van der Waals surface area (Å²) in [6.45, 7) is 3.91. The highest BCUT2D eigenvalue weighted by Crippen LogP contribution is 2.29. The molecule has 1 heterocycles. The average molecular weight is 457 g/mol. The smallest absolute Gasteiger partial charge is 0.311 e. The minimum absolute atomic E-state index is 0.0950. The lowest BCUT2D eigenvalue weighted by Gasteiger charge is -2.07. The van der Waals surface area contributed by atoms with Gasteiger partial charge in [0, 0.05) is 24.6 Å². The molecule has 0 bridgehead atoms. The Hall–Kier alpha value is -2.56. The van der Waals surface area contributed by atoms with Gasteiger partial charge in [0.25, 0.3) is 0 Å². The van der Waals surface area contributed by atoms with E-state index < -0.39 is 0 Å². The van der Waals surface area contributed by atoms with E-state index in [0.29, 0.717) is 12.2 Å². The first kappa shape index (κ1) is 26.7. The second kappa shape index (κ2) is 15.3. The SMILES string of the molecule is CCCCCCCCC=CCCCCCCCC(=O)Oc1cc(O)c2c(=O)cc(C)oc2c1. The lowest BCUT2D eigenvalue weighted by molar-refractivity contribution is -0.134. The van der Waals surface area contributed by atoms with Crippen molar-refractivity contribution in [1.29, 1.82) is 0 Å². The maximum absolute atomic E-state index is 12.1. The first-order valence-corrected chi connectivity index (χ1v) is 12.6. The lowest BCUT2D eigenvalue weighted by Crippen LogP contribution is -2.08. The Balaban J connectivity index is 1.55. The van der Waals surface area contributed by atoms with Gasteiger partial charge in [-0.05, 0) is 39.0 Å². The lowest BCUT2D eigenvalue weighted by atomic mass is 10.1. The third kappa shape index (κ3) is 10.3. The maximum Gasteiger partial charge on any atom is 0.311 e. The van der Waals surface area contributed by atoms with Crippen molar-refractivity contribution in [1.82, 2.24) is 0 Å². The molecule has 0 aliphatic rings. The number of phenolic OH excluding ortho intramolecular Hbond substituents is 1. The molecule has 1 N–H and O–H groups in total. The van der Waals surface area contributed by atoms with Crippen LogP contribution in [-0.2, 0) is 4.79 Å². The van der Waals surface area contributed by atoms with Gasteiger partial charge in [-0.2, -0.15) is 0 Å². The first-order chi connectivity index (χ1) is 16.0. The highest BCUT2D eigenvalue weighted by molar-refractivity contribution is 5.85. The number of carbonyl (C=O) groups is 1. The van der Waals surface area contributed by atoms with E-state index in [1.807, 2.05) is 0 Å². The number of rotatable bonds is 16. The Labute approximate surface area is 197 Å². The van der Waals surface area contributed by atoms with Crippen LogP contribution < -0.4 is 10.2 Å². The molecule has 0 saturated heterocycles. The summed E-state index contributed by atoms with van der Waals surface area (Å²) >= 11 is 0. The van der Waals surface area contributed by atoms with Crippen LogP contribution in [0, 0.1) is 6.92 Å². The number of ether oxygens (including phenoxy) is 1. The number of fused-ring (bicyclic) bond motifs is 1. The number of phenols is 1. The number of aryl methyl sites for hydroxylation is 1. The van der Waals surface area contributed by atoms with E-state index in [4.69, 9.17) is 9.15 Å². The molecule has 182 valence electrons. The summed E-state index contributed by atoms with van der Waals surface area (Å²) in [5, 5.41) is 10.2.